The Labute approximate surface area is 213 Å². The highest BCUT2D eigenvalue weighted by molar-refractivity contribution is 7.85. The summed E-state index contributed by atoms with van der Waals surface area (Å²) in [7, 11) is -1.42. The second-order valence-electron chi connectivity index (χ2n) is 8.22. The lowest BCUT2D eigenvalue weighted by molar-refractivity contribution is 0.0696. The molecule has 0 saturated carbocycles. The molecule has 0 heterocycles. The van der Waals surface area contributed by atoms with Crippen LogP contribution in [0.2, 0.25) is 0 Å². The van der Waals surface area contributed by atoms with Crippen LogP contribution in [0.25, 0.3) is 0 Å². The average Bonchev–Trinajstić information content (AvgIpc) is 2.87. The maximum absolute atomic E-state index is 12.7. The summed E-state index contributed by atoms with van der Waals surface area (Å²) in [5.74, 6) is 0.0626. The highest BCUT2D eigenvalue weighted by Gasteiger charge is 2.16. The lowest BCUT2D eigenvalue weighted by Gasteiger charge is -2.14. The molecule has 190 valence electrons. The monoisotopic (exact) mass is 510 g/mol. The van der Waals surface area contributed by atoms with Crippen molar-refractivity contribution in [2.75, 3.05) is 13.2 Å². The van der Waals surface area contributed by atoms with E-state index < -0.39 is 16.8 Å². The number of ketones is 1. The summed E-state index contributed by atoms with van der Waals surface area (Å²) in [6.45, 7) is 4.37. The highest BCUT2D eigenvalue weighted by Crippen LogP contribution is 2.33. The molecule has 0 saturated heterocycles. The van der Waals surface area contributed by atoms with Gasteiger partial charge < -0.3 is 19.7 Å². The second kappa shape index (κ2) is 12.9. The summed E-state index contributed by atoms with van der Waals surface area (Å²) in [6.07, 6.45) is 2.95. The third-order valence-electron chi connectivity index (χ3n) is 5.54. The number of rotatable bonds is 13. The molecule has 0 spiro atoms. The first kappa shape index (κ1) is 26.9. The Hall–Kier alpha value is -3.65. The van der Waals surface area contributed by atoms with E-state index in [2.05, 4.69) is 0 Å². The van der Waals surface area contributed by atoms with Crippen LogP contribution in [0.4, 0.5) is 0 Å². The molecule has 2 N–H and O–H groups in total. The minimum Gasteiger partial charge on any atom is -0.507 e. The smallest absolute Gasteiger partial charge is 0.335 e. The van der Waals surface area contributed by atoms with Gasteiger partial charge >= 0.3 is 5.97 Å². The Balaban J connectivity index is 1.45. The molecule has 0 fully saturated rings. The van der Waals surface area contributed by atoms with Gasteiger partial charge in [-0.25, -0.2) is 9.00 Å². The Morgan fingerprint density at radius 3 is 2.00 bits per heavy atom. The van der Waals surface area contributed by atoms with Crippen LogP contribution in [0.3, 0.4) is 0 Å². The Morgan fingerprint density at radius 1 is 0.861 bits per heavy atom. The van der Waals surface area contributed by atoms with Crippen molar-refractivity contribution in [2.45, 2.75) is 49.3 Å². The Kier molecular flexibility index (Phi) is 9.64. The van der Waals surface area contributed by atoms with Gasteiger partial charge in [0.1, 0.15) is 17.2 Å². The van der Waals surface area contributed by atoms with Crippen molar-refractivity contribution in [1.82, 2.24) is 0 Å². The zero-order valence-corrected chi connectivity index (χ0v) is 21.2. The van der Waals surface area contributed by atoms with Crippen LogP contribution in [0, 0.1) is 0 Å². The molecule has 0 aliphatic rings. The molecule has 0 aliphatic heterocycles. The summed E-state index contributed by atoms with van der Waals surface area (Å²) < 4.78 is 24.3. The van der Waals surface area contributed by atoms with Crippen LogP contribution in [-0.2, 0) is 17.2 Å². The standard InChI is InChI=1S/C28H30O7S/c1-3-6-25-26(16-15-24(19(2)29)27(25)30)35-18-5-4-17-34-21-9-13-23(14-10-21)36(33)22-11-7-20(8-12-22)28(31)32/h7-16,30H,3-6,17-18H2,1-2H3,(H,31,32)/t36-/m1/s1. The molecule has 0 aliphatic carbocycles. The highest BCUT2D eigenvalue weighted by atomic mass is 32.2. The van der Waals surface area contributed by atoms with Gasteiger partial charge in [-0.3, -0.25) is 4.79 Å². The average molecular weight is 511 g/mol. The van der Waals surface area contributed by atoms with Crippen molar-refractivity contribution < 1.29 is 33.5 Å². The lowest BCUT2D eigenvalue weighted by Crippen LogP contribution is -2.05. The van der Waals surface area contributed by atoms with Crippen LogP contribution >= 0.6 is 0 Å². The fourth-order valence-electron chi connectivity index (χ4n) is 3.62. The number of benzene rings is 3. The van der Waals surface area contributed by atoms with E-state index in [1.165, 1.54) is 19.1 Å². The van der Waals surface area contributed by atoms with E-state index in [1.807, 2.05) is 6.92 Å². The van der Waals surface area contributed by atoms with Crippen LogP contribution in [0.1, 0.15) is 59.4 Å². The van der Waals surface area contributed by atoms with E-state index in [4.69, 9.17) is 14.6 Å². The number of phenolic OH excluding ortho intramolecular Hbond substituents is 1. The molecule has 3 aromatic carbocycles. The molecule has 3 rings (SSSR count). The number of hydrogen-bond donors (Lipinski definition) is 2. The largest absolute Gasteiger partial charge is 0.507 e. The number of carboxylic acid groups (broad SMARTS) is 1. The number of hydrogen-bond acceptors (Lipinski definition) is 6. The van der Waals surface area contributed by atoms with Gasteiger partial charge in [-0.15, -0.1) is 0 Å². The van der Waals surface area contributed by atoms with Crippen LogP contribution < -0.4 is 9.47 Å². The second-order valence-corrected chi connectivity index (χ2v) is 9.70. The molecule has 8 heteroatoms. The number of unbranched alkanes of at least 4 members (excludes halogenated alkanes) is 1. The number of aromatic carboxylic acids is 1. The van der Waals surface area contributed by atoms with Gasteiger partial charge in [0.05, 0.1) is 35.1 Å². The fraction of sp³-hybridized carbons (Fsp3) is 0.286. The summed E-state index contributed by atoms with van der Waals surface area (Å²) in [6, 6.07) is 16.3. The normalized spacial score (nSPS) is 11.6. The van der Waals surface area contributed by atoms with Crippen LogP contribution in [-0.4, -0.2) is 39.4 Å². The molecule has 0 bridgehead atoms. The molecular formula is C28H30O7S. The molecule has 1 atom stereocenters. The minimum atomic E-state index is -1.42. The molecular weight excluding hydrogens is 480 g/mol. The quantitative estimate of drug-likeness (QED) is 0.226. The molecule has 0 amide bonds. The summed E-state index contributed by atoms with van der Waals surface area (Å²) in [4.78, 5) is 23.8. The predicted octanol–water partition coefficient (Wildman–Crippen LogP) is 5.65. The maximum Gasteiger partial charge on any atom is 0.335 e. The van der Waals surface area contributed by atoms with E-state index in [9.17, 15) is 18.9 Å². The van der Waals surface area contributed by atoms with E-state index in [-0.39, 0.29) is 17.1 Å². The van der Waals surface area contributed by atoms with Gasteiger partial charge in [0.25, 0.3) is 0 Å². The molecule has 0 unspecified atom stereocenters. The van der Waals surface area contributed by atoms with Crippen LogP contribution in [0.5, 0.6) is 17.2 Å². The van der Waals surface area contributed by atoms with Gasteiger partial charge in [-0.05, 0) is 86.8 Å². The lowest BCUT2D eigenvalue weighted by atomic mass is 10.0. The van der Waals surface area contributed by atoms with Crippen molar-refractivity contribution in [2.24, 2.45) is 0 Å². The molecule has 7 nitrogen and oxygen atoms in total. The van der Waals surface area contributed by atoms with Crippen molar-refractivity contribution in [3.8, 4) is 17.2 Å². The van der Waals surface area contributed by atoms with Crippen molar-refractivity contribution in [3.05, 3.63) is 77.4 Å². The molecule has 0 radical (unpaired) electrons. The number of carbonyl (C=O) groups excluding carboxylic acids is 1. The number of aromatic hydroxyl groups is 1. The van der Waals surface area contributed by atoms with Gasteiger partial charge in [-0.1, -0.05) is 13.3 Å². The number of ether oxygens (including phenoxy) is 2. The van der Waals surface area contributed by atoms with Gasteiger partial charge in [0.15, 0.2) is 5.78 Å². The first-order valence-electron chi connectivity index (χ1n) is 11.8. The van der Waals surface area contributed by atoms with Crippen molar-refractivity contribution in [3.63, 3.8) is 0 Å². The van der Waals surface area contributed by atoms with E-state index >= 15 is 0 Å². The molecule has 0 aromatic heterocycles. The number of carboxylic acids is 1. The third-order valence-corrected chi connectivity index (χ3v) is 6.94. The molecule has 3 aromatic rings. The van der Waals surface area contributed by atoms with E-state index in [0.717, 1.165) is 19.3 Å². The zero-order chi connectivity index (χ0) is 26.1. The van der Waals surface area contributed by atoms with Crippen molar-refractivity contribution >= 4 is 22.6 Å². The Bertz CT molecular complexity index is 1220. The summed E-state index contributed by atoms with van der Waals surface area (Å²) in [5.41, 5.74) is 1.12. The SMILES string of the molecule is CCCc1c(OCCCCOc2ccc([S@](=O)c3ccc(C(=O)O)cc3)cc2)ccc(C(C)=O)c1O. The van der Waals surface area contributed by atoms with Gasteiger partial charge in [0.2, 0.25) is 0 Å². The first-order chi connectivity index (χ1) is 17.3. The Morgan fingerprint density at radius 2 is 1.44 bits per heavy atom. The summed E-state index contributed by atoms with van der Waals surface area (Å²) >= 11 is 0. The number of Topliss-reactive ketones (excluding diaryl/α,β-unsaturated/α-hetero) is 1. The number of phenols is 1. The minimum absolute atomic E-state index is 0.00633. The van der Waals surface area contributed by atoms with Gasteiger partial charge in [-0.2, -0.15) is 0 Å². The van der Waals surface area contributed by atoms with E-state index in [1.54, 1.807) is 48.5 Å². The summed E-state index contributed by atoms with van der Waals surface area (Å²) in [5, 5.41) is 19.4. The fourth-order valence-corrected chi connectivity index (χ4v) is 4.66. The zero-order valence-electron chi connectivity index (χ0n) is 20.4. The predicted molar refractivity (Wildman–Crippen MR) is 137 cm³/mol. The number of carbonyl (C=O) groups is 2. The van der Waals surface area contributed by atoms with Crippen LogP contribution in [0.15, 0.2) is 70.5 Å². The topological polar surface area (TPSA) is 110 Å². The first-order valence-corrected chi connectivity index (χ1v) is 12.9. The van der Waals surface area contributed by atoms with Crippen molar-refractivity contribution in [1.29, 1.82) is 0 Å². The van der Waals surface area contributed by atoms with Gasteiger partial charge in [0, 0.05) is 15.4 Å². The molecule has 36 heavy (non-hydrogen) atoms. The maximum atomic E-state index is 12.7. The third kappa shape index (κ3) is 6.95. The van der Waals surface area contributed by atoms with E-state index in [0.29, 0.717) is 52.1 Å².